The fraction of sp³-hybridized carbons (Fsp3) is 0.684. The Kier molecular flexibility index (Phi) is 6.25. The minimum Gasteiger partial charge on any atom is -0.307 e. The highest BCUT2D eigenvalue weighted by Crippen LogP contribution is 2.39. The quantitative estimate of drug-likeness (QED) is 0.769. The lowest BCUT2D eigenvalue weighted by molar-refractivity contribution is 0.189. The molecule has 3 unspecified atom stereocenters. The first-order valence-corrected chi connectivity index (χ1v) is 11.7. The zero-order valence-corrected chi connectivity index (χ0v) is 18.0. The summed E-state index contributed by atoms with van der Waals surface area (Å²) in [6.45, 7) is 6.83. The first-order chi connectivity index (χ1) is 12.2. The molecular weight excluding hydrogens is 391 g/mol. The molecule has 0 amide bonds. The molecule has 146 valence electrons. The molecule has 26 heavy (non-hydrogen) atoms. The van der Waals surface area contributed by atoms with E-state index < -0.39 is 10.0 Å². The molecule has 4 nitrogen and oxygen atoms in total. The highest BCUT2D eigenvalue weighted by atomic mass is 35.5. The van der Waals surface area contributed by atoms with Crippen molar-refractivity contribution in [1.29, 1.82) is 0 Å². The number of hydrogen-bond donors (Lipinski definition) is 1. The molecular formula is C19H28Cl2N2O2S. The second kappa shape index (κ2) is 7.96. The Morgan fingerprint density at radius 3 is 2.65 bits per heavy atom. The molecule has 1 aromatic rings. The lowest BCUT2D eigenvalue weighted by Crippen LogP contribution is -2.52. The highest BCUT2D eigenvalue weighted by molar-refractivity contribution is 7.89. The molecule has 3 rings (SSSR count). The van der Waals surface area contributed by atoms with Crippen molar-refractivity contribution >= 4 is 33.2 Å². The first-order valence-electron chi connectivity index (χ1n) is 9.46. The molecule has 0 saturated carbocycles. The third-order valence-corrected chi connectivity index (χ3v) is 8.60. The van der Waals surface area contributed by atoms with Crippen molar-refractivity contribution < 1.29 is 8.42 Å². The number of nitrogens with one attached hydrogen (secondary N) is 1. The van der Waals surface area contributed by atoms with Gasteiger partial charge in [-0.05, 0) is 62.3 Å². The highest BCUT2D eigenvalue weighted by Gasteiger charge is 2.37. The molecule has 1 N–H and O–H groups in total. The van der Waals surface area contributed by atoms with Crippen LogP contribution in [0.25, 0.3) is 0 Å². The molecule has 0 spiro atoms. The average molecular weight is 419 g/mol. The van der Waals surface area contributed by atoms with Crippen molar-refractivity contribution in [2.24, 2.45) is 5.92 Å². The Balaban J connectivity index is 1.73. The number of hydrogen-bond acceptors (Lipinski definition) is 3. The van der Waals surface area contributed by atoms with Gasteiger partial charge in [0.15, 0.2) is 0 Å². The zero-order chi connectivity index (χ0) is 19.1. The predicted molar refractivity (Wildman–Crippen MR) is 108 cm³/mol. The van der Waals surface area contributed by atoms with E-state index in [9.17, 15) is 8.42 Å². The number of nitrogens with zero attached hydrogens (tertiary/aromatic N) is 1. The van der Waals surface area contributed by atoms with E-state index in [1.165, 1.54) is 11.1 Å². The van der Waals surface area contributed by atoms with Crippen molar-refractivity contribution in [3.05, 3.63) is 33.3 Å². The second-order valence-electron chi connectivity index (χ2n) is 7.73. The van der Waals surface area contributed by atoms with E-state index in [1.807, 2.05) is 12.1 Å². The van der Waals surface area contributed by atoms with E-state index in [2.05, 4.69) is 12.2 Å². The first kappa shape index (κ1) is 20.4. The number of halogens is 2. The summed E-state index contributed by atoms with van der Waals surface area (Å²) < 4.78 is 26.7. The van der Waals surface area contributed by atoms with Crippen molar-refractivity contribution in [1.82, 2.24) is 9.62 Å². The Hall–Kier alpha value is -0.330. The van der Waals surface area contributed by atoms with Gasteiger partial charge in [0, 0.05) is 35.2 Å². The standard InChI is InChI=1S/C19H28Cl2N2O2S/c1-4-13-11-23(26(24,25)12(2)3)8-7-17(13)22-18-6-5-14-9-15(20)10-16(21)19(14)18/h9-10,12-13,17-18,22H,4-8,11H2,1-3H3. The molecule has 0 aromatic heterocycles. The largest absolute Gasteiger partial charge is 0.307 e. The van der Waals surface area contributed by atoms with E-state index in [-0.39, 0.29) is 11.3 Å². The van der Waals surface area contributed by atoms with Gasteiger partial charge in [0.1, 0.15) is 0 Å². The average Bonchev–Trinajstić information content (AvgIpc) is 2.97. The van der Waals surface area contributed by atoms with Gasteiger partial charge >= 0.3 is 0 Å². The van der Waals surface area contributed by atoms with E-state index in [1.54, 1.807) is 18.2 Å². The Labute approximate surface area is 167 Å². The van der Waals surface area contributed by atoms with Gasteiger partial charge in [-0.2, -0.15) is 0 Å². The van der Waals surface area contributed by atoms with Crippen LogP contribution in [0.4, 0.5) is 0 Å². The predicted octanol–water partition coefficient (Wildman–Crippen LogP) is 4.41. The van der Waals surface area contributed by atoms with Crippen LogP contribution in [0, 0.1) is 5.92 Å². The van der Waals surface area contributed by atoms with Gasteiger partial charge in [-0.15, -0.1) is 0 Å². The fourth-order valence-electron chi connectivity index (χ4n) is 4.27. The Morgan fingerprint density at radius 2 is 2.00 bits per heavy atom. The van der Waals surface area contributed by atoms with Gasteiger partial charge in [-0.3, -0.25) is 0 Å². The molecule has 2 aliphatic rings. The molecule has 1 fully saturated rings. The van der Waals surface area contributed by atoms with E-state index in [0.29, 0.717) is 30.1 Å². The molecule has 3 atom stereocenters. The SMILES string of the molecule is CCC1CN(S(=O)(=O)C(C)C)CCC1NC1CCc2cc(Cl)cc(Cl)c21. The number of piperidine rings is 1. The summed E-state index contributed by atoms with van der Waals surface area (Å²) in [5, 5.41) is 4.84. The summed E-state index contributed by atoms with van der Waals surface area (Å²) >= 11 is 12.6. The van der Waals surface area contributed by atoms with Crippen LogP contribution in [0.5, 0.6) is 0 Å². The van der Waals surface area contributed by atoms with Crippen LogP contribution >= 0.6 is 23.2 Å². The molecule has 0 bridgehead atoms. The molecule has 1 aromatic carbocycles. The summed E-state index contributed by atoms with van der Waals surface area (Å²) in [6, 6.07) is 4.36. The number of fused-ring (bicyclic) bond motifs is 1. The van der Waals surface area contributed by atoms with E-state index in [0.717, 1.165) is 30.7 Å². The second-order valence-corrected chi connectivity index (χ2v) is 11.1. The molecule has 1 aliphatic carbocycles. The molecule has 1 aliphatic heterocycles. The lowest BCUT2D eigenvalue weighted by atomic mass is 9.90. The van der Waals surface area contributed by atoms with Crippen LogP contribution in [0.3, 0.4) is 0 Å². The Morgan fingerprint density at radius 1 is 1.27 bits per heavy atom. The number of benzene rings is 1. The van der Waals surface area contributed by atoms with Crippen molar-refractivity contribution in [2.45, 2.75) is 63.8 Å². The van der Waals surface area contributed by atoms with Crippen LogP contribution < -0.4 is 5.32 Å². The number of sulfonamides is 1. The summed E-state index contributed by atoms with van der Waals surface area (Å²) in [7, 11) is -3.18. The topological polar surface area (TPSA) is 49.4 Å². The summed E-state index contributed by atoms with van der Waals surface area (Å²) in [4.78, 5) is 0. The normalized spacial score (nSPS) is 27.1. The maximum Gasteiger partial charge on any atom is 0.216 e. The fourth-order valence-corrected chi connectivity index (χ4v) is 6.29. The van der Waals surface area contributed by atoms with Crippen molar-refractivity contribution in [3.63, 3.8) is 0 Å². The number of rotatable bonds is 5. The smallest absolute Gasteiger partial charge is 0.216 e. The Bertz CT molecular complexity index is 767. The minimum atomic E-state index is -3.18. The van der Waals surface area contributed by atoms with Gasteiger partial charge in [-0.1, -0.05) is 36.5 Å². The summed E-state index contributed by atoms with van der Waals surface area (Å²) in [6.07, 6.45) is 3.78. The van der Waals surface area contributed by atoms with Gasteiger partial charge in [-0.25, -0.2) is 12.7 Å². The van der Waals surface area contributed by atoms with E-state index in [4.69, 9.17) is 23.2 Å². The zero-order valence-electron chi connectivity index (χ0n) is 15.6. The van der Waals surface area contributed by atoms with Gasteiger partial charge in [0.25, 0.3) is 0 Å². The minimum absolute atomic E-state index is 0.224. The van der Waals surface area contributed by atoms with Gasteiger partial charge < -0.3 is 5.32 Å². The van der Waals surface area contributed by atoms with Crippen LogP contribution in [0.15, 0.2) is 12.1 Å². The van der Waals surface area contributed by atoms with Gasteiger partial charge in [0.2, 0.25) is 10.0 Å². The summed E-state index contributed by atoms with van der Waals surface area (Å²) in [5.41, 5.74) is 2.40. The maximum absolute atomic E-state index is 12.5. The van der Waals surface area contributed by atoms with Crippen molar-refractivity contribution in [2.75, 3.05) is 13.1 Å². The van der Waals surface area contributed by atoms with Gasteiger partial charge in [0.05, 0.1) is 5.25 Å². The monoisotopic (exact) mass is 418 g/mol. The molecule has 7 heteroatoms. The number of aryl methyl sites for hydroxylation is 1. The van der Waals surface area contributed by atoms with Crippen molar-refractivity contribution in [3.8, 4) is 0 Å². The molecule has 1 saturated heterocycles. The summed E-state index contributed by atoms with van der Waals surface area (Å²) in [5.74, 6) is 0.312. The molecule has 0 radical (unpaired) electrons. The van der Waals surface area contributed by atoms with Crippen LogP contribution in [0.1, 0.15) is 57.2 Å². The van der Waals surface area contributed by atoms with E-state index >= 15 is 0 Å². The third kappa shape index (κ3) is 3.93. The molecule has 1 heterocycles. The maximum atomic E-state index is 12.5. The van der Waals surface area contributed by atoms with Crippen LogP contribution in [-0.2, 0) is 16.4 Å². The van der Waals surface area contributed by atoms with Crippen LogP contribution in [-0.4, -0.2) is 37.1 Å². The lowest BCUT2D eigenvalue weighted by Gasteiger charge is -2.40. The third-order valence-electron chi connectivity index (χ3n) is 5.82. The van der Waals surface area contributed by atoms with Crippen LogP contribution in [0.2, 0.25) is 10.0 Å².